The van der Waals surface area contributed by atoms with Crippen LogP contribution < -0.4 is 0 Å². The van der Waals surface area contributed by atoms with Crippen molar-refractivity contribution in [3.05, 3.63) is 150 Å². The van der Waals surface area contributed by atoms with Crippen molar-refractivity contribution in [1.29, 1.82) is 0 Å². The molecule has 0 radical (unpaired) electrons. The lowest BCUT2D eigenvalue weighted by molar-refractivity contribution is 0.0969. The van der Waals surface area contributed by atoms with E-state index in [-0.39, 0.29) is 10.8 Å². The van der Waals surface area contributed by atoms with Gasteiger partial charge in [-0.05, 0) is 134 Å². The van der Waals surface area contributed by atoms with Crippen molar-refractivity contribution in [3.8, 4) is 55.8 Å². The van der Waals surface area contributed by atoms with E-state index in [9.17, 15) is 1.37 Å². The van der Waals surface area contributed by atoms with Gasteiger partial charge in [-0.25, -0.2) is 0 Å². The summed E-state index contributed by atoms with van der Waals surface area (Å²) in [5.41, 5.74) is 13.8. The Labute approximate surface area is 317 Å². The van der Waals surface area contributed by atoms with E-state index in [0.29, 0.717) is 5.56 Å². The molecule has 6 aromatic rings. The highest BCUT2D eigenvalue weighted by Gasteiger charge is 2.38. The Morgan fingerprint density at radius 3 is 1.48 bits per heavy atom. The highest BCUT2D eigenvalue weighted by atomic mass is 14.7. The second kappa shape index (κ2) is 14.0. The van der Waals surface area contributed by atoms with E-state index in [1.165, 1.54) is 33.4 Å². The standard InChI is InChI=1S/C51H55N/c1-35-9-10-45(48-29-36(27-28-52-48)31-49(2,3)4)30-47(35)44-25-23-42(24-26-44)40-17-15-38(16-18-40)37-11-13-39(14-12-37)41-19-21-43(22-20-41)46-32-50(5,6)34-51(7,8)33-46/h9-30,46H,31-34H2,1-8H3/i31D2,46D. The molecule has 52 heavy (non-hydrogen) atoms. The zero-order valence-electron chi connectivity index (χ0n) is 35.3. The molecule has 0 spiro atoms. The number of hydrogen-bond acceptors (Lipinski definition) is 1. The highest BCUT2D eigenvalue weighted by Crippen LogP contribution is 2.51. The molecule has 1 aliphatic carbocycles. The third-order valence-corrected chi connectivity index (χ3v) is 10.4. The summed E-state index contributed by atoms with van der Waals surface area (Å²) in [5.74, 6) is -0.549. The molecule has 0 atom stereocenters. The summed E-state index contributed by atoms with van der Waals surface area (Å²) in [6, 6.07) is 45.2. The average molecular weight is 685 g/mol. The van der Waals surface area contributed by atoms with Crippen LogP contribution in [0.3, 0.4) is 0 Å². The minimum Gasteiger partial charge on any atom is -0.256 e. The van der Waals surface area contributed by atoms with Crippen LogP contribution in [0.5, 0.6) is 0 Å². The van der Waals surface area contributed by atoms with Crippen molar-refractivity contribution >= 4 is 0 Å². The summed E-state index contributed by atoms with van der Waals surface area (Å²) < 4.78 is 27.0. The number of hydrogen-bond donors (Lipinski definition) is 0. The summed E-state index contributed by atoms with van der Waals surface area (Å²) in [6.45, 7) is 17.2. The topological polar surface area (TPSA) is 12.9 Å². The van der Waals surface area contributed by atoms with Crippen molar-refractivity contribution in [3.63, 3.8) is 0 Å². The van der Waals surface area contributed by atoms with Crippen LogP contribution in [-0.2, 0) is 6.37 Å². The molecule has 1 fully saturated rings. The predicted octanol–water partition coefficient (Wildman–Crippen LogP) is 14.6. The Morgan fingerprint density at radius 2 is 1.02 bits per heavy atom. The smallest absolute Gasteiger partial charge is 0.0704 e. The van der Waals surface area contributed by atoms with E-state index in [1.807, 2.05) is 26.8 Å². The monoisotopic (exact) mass is 684 g/mol. The zero-order chi connectivity index (χ0) is 39.4. The fraction of sp³-hybridized carbons (Fsp3) is 0.314. The largest absolute Gasteiger partial charge is 0.256 e. The van der Waals surface area contributed by atoms with E-state index < -0.39 is 17.7 Å². The van der Waals surface area contributed by atoms with Gasteiger partial charge in [-0.1, -0.05) is 158 Å². The third-order valence-electron chi connectivity index (χ3n) is 10.4. The normalized spacial score (nSPS) is 17.5. The Bertz CT molecular complexity index is 2270. The fourth-order valence-corrected chi connectivity index (χ4v) is 8.48. The van der Waals surface area contributed by atoms with Gasteiger partial charge in [0.25, 0.3) is 0 Å². The van der Waals surface area contributed by atoms with Gasteiger partial charge in [0, 0.05) is 15.9 Å². The number of nitrogens with zero attached hydrogens (tertiary/aromatic N) is 1. The highest BCUT2D eigenvalue weighted by molar-refractivity contribution is 5.78. The van der Waals surface area contributed by atoms with Gasteiger partial charge >= 0.3 is 0 Å². The number of aryl methyl sites for hydroxylation is 1. The Kier molecular flexibility index (Phi) is 8.60. The molecular weight excluding hydrogens is 627 g/mol. The minimum atomic E-state index is -1.48. The van der Waals surface area contributed by atoms with Crippen LogP contribution in [0.2, 0.25) is 0 Å². The molecule has 0 amide bonds. The van der Waals surface area contributed by atoms with Crippen LogP contribution in [0.15, 0.2) is 134 Å². The Morgan fingerprint density at radius 1 is 0.596 bits per heavy atom. The zero-order valence-corrected chi connectivity index (χ0v) is 32.3. The van der Waals surface area contributed by atoms with Gasteiger partial charge in [0.15, 0.2) is 0 Å². The van der Waals surface area contributed by atoms with Gasteiger partial charge in [-0.3, -0.25) is 4.98 Å². The number of benzene rings is 5. The maximum absolute atomic E-state index is 9.45. The van der Waals surface area contributed by atoms with Crippen LogP contribution in [0.1, 0.15) is 94.4 Å². The summed E-state index contributed by atoms with van der Waals surface area (Å²) in [5, 5.41) is 0. The number of pyridine rings is 1. The van der Waals surface area contributed by atoms with E-state index in [0.717, 1.165) is 52.8 Å². The van der Waals surface area contributed by atoms with E-state index in [1.54, 1.807) is 12.3 Å². The molecular formula is C51H55N. The van der Waals surface area contributed by atoms with Crippen molar-refractivity contribution in [1.82, 2.24) is 4.98 Å². The maximum atomic E-state index is 9.45. The summed E-state index contributed by atoms with van der Waals surface area (Å²) in [7, 11) is 0. The summed E-state index contributed by atoms with van der Waals surface area (Å²) in [6.07, 6.45) is 3.18. The average Bonchev–Trinajstić information content (AvgIpc) is 3.13. The first kappa shape index (κ1) is 31.9. The van der Waals surface area contributed by atoms with Gasteiger partial charge in [0.2, 0.25) is 0 Å². The van der Waals surface area contributed by atoms with Crippen LogP contribution in [0, 0.1) is 23.2 Å². The maximum Gasteiger partial charge on any atom is 0.0704 e. The molecule has 0 bridgehead atoms. The number of rotatable bonds is 7. The van der Waals surface area contributed by atoms with Crippen LogP contribution >= 0.6 is 0 Å². The molecule has 1 aliphatic rings. The first-order chi connectivity index (χ1) is 25.8. The quantitative estimate of drug-likeness (QED) is 0.163. The van der Waals surface area contributed by atoms with E-state index >= 15 is 0 Å². The lowest BCUT2D eigenvalue weighted by atomic mass is 9.60. The molecule has 1 heteroatoms. The molecule has 1 aromatic heterocycles. The molecule has 0 aliphatic heterocycles. The van der Waals surface area contributed by atoms with Crippen LogP contribution in [0.4, 0.5) is 0 Å². The molecule has 0 N–H and O–H groups in total. The van der Waals surface area contributed by atoms with Crippen molar-refractivity contribution in [2.75, 3.05) is 0 Å². The molecule has 7 rings (SSSR count). The lowest BCUT2D eigenvalue weighted by Gasteiger charge is -2.45. The summed E-state index contributed by atoms with van der Waals surface area (Å²) in [4.78, 5) is 4.62. The van der Waals surface area contributed by atoms with Gasteiger partial charge in [-0.2, -0.15) is 0 Å². The van der Waals surface area contributed by atoms with Gasteiger partial charge in [-0.15, -0.1) is 0 Å². The van der Waals surface area contributed by atoms with Crippen LogP contribution in [-0.4, -0.2) is 4.98 Å². The molecule has 5 aromatic carbocycles. The van der Waals surface area contributed by atoms with Gasteiger partial charge in [0.05, 0.1) is 5.69 Å². The minimum absolute atomic E-state index is 0.162. The second-order valence-electron chi connectivity index (χ2n) is 17.6. The van der Waals surface area contributed by atoms with Crippen molar-refractivity contribution in [2.24, 2.45) is 16.2 Å². The molecule has 1 saturated carbocycles. The van der Waals surface area contributed by atoms with Crippen molar-refractivity contribution < 1.29 is 4.11 Å². The second-order valence-corrected chi connectivity index (χ2v) is 17.6. The van der Waals surface area contributed by atoms with E-state index in [4.69, 9.17) is 2.74 Å². The Hall–Kier alpha value is -4.75. The lowest BCUT2D eigenvalue weighted by Crippen LogP contribution is -2.32. The SMILES string of the molecule is [2H]C1(c2ccc(-c3ccc(-c4ccc(-c5ccc(-c6cc(-c7cc(C([2H])([2H])C(C)(C)C)ccn7)ccc6C)cc5)cc4)cc3)cc2)CC(C)(C)CC(C)(C)C1. The first-order valence-corrected chi connectivity index (χ1v) is 18.8. The molecule has 0 unspecified atom stereocenters. The molecule has 0 saturated heterocycles. The molecule has 264 valence electrons. The first-order valence-electron chi connectivity index (χ1n) is 20.3. The third kappa shape index (κ3) is 8.31. The molecule has 1 nitrogen and oxygen atoms in total. The van der Waals surface area contributed by atoms with Gasteiger partial charge < -0.3 is 0 Å². The predicted molar refractivity (Wildman–Crippen MR) is 223 cm³/mol. The Balaban J connectivity index is 1.04. The number of aromatic nitrogens is 1. The molecule has 1 heterocycles. The fourth-order valence-electron chi connectivity index (χ4n) is 8.48. The van der Waals surface area contributed by atoms with Gasteiger partial charge in [0.1, 0.15) is 0 Å². The van der Waals surface area contributed by atoms with Crippen LogP contribution in [0.25, 0.3) is 55.8 Å². The summed E-state index contributed by atoms with van der Waals surface area (Å²) >= 11 is 0. The van der Waals surface area contributed by atoms with Crippen molar-refractivity contribution in [2.45, 2.75) is 86.9 Å². The van der Waals surface area contributed by atoms with E-state index in [2.05, 4.69) is 155 Å².